The van der Waals surface area contributed by atoms with Gasteiger partial charge >= 0.3 is 0 Å². The van der Waals surface area contributed by atoms with E-state index >= 15 is 0 Å². The van der Waals surface area contributed by atoms with Gasteiger partial charge in [0.2, 0.25) is 0 Å². The SMILES string of the molecule is CCCCN(C)C(=NCc1ccc(O)c(OCC)c1)NCC. The van der Waals surface area contributed by atoms with E-state index in [9.17, 15) is 5.11 Å². The van der Waals surface area contributed by atoms with Crippen LogP contribution >= 0.6 is 0 Å². The van der Waals surface area contributed by atoms with E-state index in [1.54, 1.807) is 6.07 Å². The van der Waals surface area contributed by atoms with Crippen molar-refractivity contribution < 1.29 is 9.84 Å². The van der Waals surface area contributed by atoms with E-state index < -0.39 is 0 Å². The van der Waals surface area contributed by atoms with Crippen molar-refractivity contribution in [3.8, 4) is 11.5 Å². The molecule has 0 heterocycles. The second-order valence-electron chi connectivity index (χ2n) is 5.18. The fourth-order valence-electron chi connectivity index (χ4n) is 2.07. The quantitative estimate of drug-likeness (QED) is 0.572. The lowest BCUT2D eigenvalue weighted by Gasteiger charge is -2.21. The molecule has 0 fully saturated rings. The van der Waals surface area contributed by atoms with E-state index in [0.717, 1.165) is 31.0 Å². The lowest BCUT2D eigenvalue weighted by Crippen LogP contribution is -2.39. The number of unbranched alkanes of at least 4 members (excludes halogenated alkanes) is 1. The Kier molecular flexibility index (Phi) is 8.18. The van der Waals surface area contributed by atoms with Crippen LogP contribution in [-0.2, 0) is 6.54 Å². The van der Waals surface area contributed by atoms with Crippen LogP contribution in [0.4, 0.5) is 0 Å². The first kappa shape index (κ1) is 18.1. The number of phenols is 1. The number of ether oxygens (including phenoxy) is 1. The van der Waals surface area contributed by atoms with Crippen molar-refractivity contribution in [1.29, 1.82) is 0 Å². The Bertz CT molecular complexity index is 475. The number of guanidine groups is 1. The highest BCUT2D eigenvalue weighted by Gasteiger charge is 2.06. The van der Waals surface area contributed by atoms with Crippen LogP contribution in [0.1, 0.15) is 39.2 Å². The van der Waals surface area contributed by atoms with Gasteiger partial charge < -0.3 is 20.1 Å². The van der Waals surface area contributed by atoms with Crippen molar-refractivity contribution in [2.24, 2.45) is 4.99 Å². The monoisotopic (exact) mass is 307 g/mol. The summed E-state index contributed by atoms with van der Waals surface area (Å²) in [4.78, 5) is 6.81. The molecule has 22 heavy (non-hydrogen) atoms. The maximum atomic E-state index is 9.73. The zero-order valence-corrected chi connectivity index (χ0v) is 14.2. The summed E-state index contributed by atoms with van der Waals surface area (Å²) in [6.45, 7) is 9.07. The number of rotatable bonds is 8. The molecule has 0 spiro atoms. The molecule has 0 bridgehead atoms. The predicted molar refractivity (Wildman–Crippen MR) is 91.6 cm³/mol. The highest BCUT2D eigenvalue weighted by Crippen LogP contribution is 2.27. The van der Waals surface area contributed by atoms with Gasteiger partial charge in [0.25, 0.3) is 0 Å². The molecule has 0 aliphatic heterocycles. The first-order valence-electron chi connectivity index (χ1n) is 8.06. The van der Waals surface area contributed by atoms with Crippen molar-refractivity contribution in [2.45, 2.75) is 40.2 Å². The van der Waals surface area contributed by atoms with Crippen molar-refractivity contribution in [3.05, 3.63) is 23.8 Å². The van der Waals surface area contributed by atoms with E-state index in [-0.39, 0.29) is 5.75 Å². The Hall–Kier alpha value is -1.91. The number of nitrogens with zero attached hydrogens (tertiary/aromatic N) is 2. The van der Waals surface area contributed by atoms with Gasteiger partial charge in [-0.05, 0) is 38.0 Å². The summed E-state index contributed by atoms with van der Waals surface area (Å²) in [5.41, 5.74) is 1.01. The van der Waals surface area contributed by atoms with Crippen LogP contribution < -0.4 is 10.1 Å². The third-order valence-electron chi connectivity index (χ3n) is 3.28. The molecule has 1 aromatic carbocycles. The highest BCUT2D eigenvalue weighted by molar-refractivity contribution is 5.79. The zero-order valence-electron chi connectivity index (χ0n) is 14.2. The van der Waals surface area contributed by atoms with Gasteiger partial charge in [-0.3, -0.25) is 0 Å². The second-order valence-corrected chi connectivity index (χ2v) is 5.18. The maximum absolute atomic E-state index is 9.73. The molecule has 0 saturated carbocycles. The van der Waals surface area contributed by atoms with Crippen LogP contribution in [0.25, 0.3) is 0 Å². The zero-order chi connectivity index (χ0) is 16.4. The number of aromatic hydroxyl groups is 1. The fraction of sp³-hybridized carbons (Fsp3) is 0.588. The molecule has 0 aromatic heterocycles. The molecule has 5 heteroatoms. The first-order chi connectivity index (χ1) is 10.6. The number of aliphatic imine (C=N–C) groups is 1. The minimum atomic E-state index is 0.168. The summed E-state index contributed by atoms with van der Waals surface area (Å²) in [6.07, 6.45) is 2.31. The van der Waals surface area contributed by atoms with Crippen LogP contribution in [0.3, 0.4) is 0 Å². The largest absolute Gasteiger partial charge is 0.504 e. The van der Waals surface area contributed by atoms with Gasteiger partial charge in [0.15, 0.2) is 17.5 Å². The van der Waals surface area contributed by atoms with E-state index in [4.69, 9.17) is 4.74 Å². The summed E-state index contributed by atoms with van der Waals surface area (Å²) in [5.74, 6) is 1.59. The van der Waals surface area contributed by atoms with Crippen molar-refractivity contribution in [1.82, 2.24) is 10.2 Å². The Labute approximate surface area is 134 Å². The number of hydrogen-bond donors (Lipinski definition) is 2. The minimum Gasteiger partial charge on any atom is -0.504 e. The standard InChI is InChI=1S/C17H29N3O2/c1-5-8-11-20(4)17(18-6-2)19-13-14-9-10-15(21)16(12-14)22-7-3/h9-10,12,21H,5-8,11,13H2,1-4H3,(H,18,19). The topological polar surface area (TPSA) is 57.1 Å². The molecule has 0 aliphatic rings. The third kappa shape index (κ3) is 5.84. The normalized spacial score (nSPS) is 11.4. The van der Waals surface area contributed by atoms with Gasteiger partial charge in [-0.2, -0.15) is 0 Å². The Morgan fingerprint density at radius 2 is 2.09 bits per heavy atom. The Morgan fingerprint density at radius 1 is 1.32 bits per heavy atom. The lowest BCUT2D eigenvalue weighted by atomic mass is 10.2. The summed E-state index contributed by atoms with van der Waals surface area (Å²) < 4.78 is 5.41. The van der Waals surface area contributed by atoms with Crippen molar-refractivity contribution >= 4 is 5.96 Å². The third-order valence-corrected chi connectivity index (χ3v) is 3.28. The lowest BCUT2D eigenvalue weighted by molar-refractivity contribution is 0.318. The molecule has 0 atom stereocenters. The molecular formula is C17H29N3O2. The summed E-state index contributed by atoms with van der Waals surface area (Å²) in [6, 6.07) is 5.37. The van der Waals surface area contributed by atoms with Crippen LogP contribution in [0, 0.1) is 0 Å². The second kappa shape index (κ2) is 9.92. The smallest absolute Gasteiger partial charge is 0.193 e. The maximum Gasteiger partial charge on any atom is 0.193 e. The van der Waals surface area contributed by atoms with Gasteiger partial charge in [-0.15, -0.1) is 0 Å². The molecule has 5 nitrogen and oxygen atoms in total. The molecule has 0 radical (unpaired) electrons. The van der Waals surface area contributed by atoms with Crippen molar-refractivity contribution in [3.63, 3.8) is 0 Å². The minimum absolute atomic E-state index is 0.168. The molecule has 2 N–H and O–H groups in total. The van der Waals surface area contributed by atoms with Gasteiger partial charge in [-0.1, -0.05) is 19.4 Å². The molecule has 0 aliphatic carbocycles. The molecule has 1 aromatic rings. The summed E-state index contributed by atoms with van der Waals surface area (Å²) in [7, 11) is 2.06. The molecule has 0 unspecified atom stereocenters. The molecular weight excluding hydrogens is 278 g/mol. The van der Waals surface area contributed by atoms with Crippen LogP contribution in [-0.4, -0.2) is 42.7 Å². The molecule has 1 rings (SSSR count). The number of phenolic OH excluding ortho intramolecular Hbond substituents is 1. The Morgan fingerprint density at radius 3 is 2.73 bits per heavy atom. The van der Waals surface area contributed by atoms with Crippen LogP contribution in [0.2, 0.25) is 0 Å². The van der Waals surface area contributed by atoms with Gasteiger partial charge in [0.1, 0.15) is 0 Å². The van der Waals surface area contributed by atoms with Gasteiger partial charge in [0.05, 0.1) is 13.2 Å². The van der Waals surface area contributed by atoms with Crippen LogP contribution in [0.5, 0.6) is 11.5 Å². The number of nitrogens with one attached hydrogen (secondary N) is 1. The summed E-state index contributed by atoms with van der Waals surface area (Å²) in [5, 5.41) is 13.0. The number of hydrogen-bond acceptors (Lipinski definition) is 3. The average Bonchev–Trinajstić information content (AvgIpc) is 2.52. The van der Waals surface area contributed by atoms with Gasteiger partial charge in [-0.25, -0.2) is 4.99 Å². The average molecular weight is 307 g/mol. The van der Waals surface area contributed by atoms with E-state index in [1.807, 2.05) is 19.1 Å². The fourth-order valence-corrected chi connectivity index (χ4v) is 2.07. The van der Waals surface area contributed by atoms with E-state index in [2.05, 4.69) is 36.1 Å². The predicted octanol–water partition coefficient (Wildman–Crippen LogP) is 2.99. The molecule has 124 valence electrons. The van der Waals surface area contributed by atoms with Crippen molar-refractivity contribution in [2.75, 3.05) is 26.7 Å². The number of benzene rings is 1. The van der Waals surface area contributed by atoms with E-state index in [1.165, 1.54) is 6.42 Å². The summed E-state index contributed by atoms with van der Waals surface area (Å²) >= 11 is 0. The highest BCUT2D eigenvalue weighted by atomic mass is 16.5. The first-order valence-corrected chi connectivity index (χ1v) is 8.06. The molecule has 0 saturated heterocycles. The van der Waals surface area contributed by atoms with Crippen LogP contribution in [0.15, 0.2) is 23.2 Å². The van der Waals surface area contributed by atoms with E-state index in [0.29, 0.717) is 18.9 Å². The van der Waals surface area contributed by atoms with Gasteiger partial charge in [0, 0.05) is 20.1 Å². The molecule has 0 amide bonds. The Balaban J connectivity index is 2.78.